The van der Waals surface area contributed by atoms with Crippen molar-refractivity contribution in [1.82, 2.24) is 5.32 Å². The van der Waals surface area contributed by atoms with Gasteiger partial charge in [0.1, 0.15) is 18.1 Å². The van der Waals surface area contributed by atoms with Gasteiger partial charge in [0.15, 0.2) is 5.78 Å². The first-order chi connectivity index (χ1) is 9.06. The van der Waals surface area contributed by atoms with E-state index in [-0.39, 0.29) is 24.7 Å². The lowest BCUT2D eigenvalue weighted by atomic mass is 9.99. The van der Waals surface area contributed by atoms with Crippen molar-refractivity contribution >= 4 is 17.7 Å². The number of carbonyl (C=O) groups excluding carboxylic acids is 2. The summed E-state index contributed by atoms with van der Waals surface area (Å²) in [6.07, 6.45) is 0.335. The van der Waals surface area contributed by atoms with Crippen LogP contribution in [0.4, 0.5) is 0 Å². The first kappa shape index (κ1) is 18.6. The lowest BCUT2D eigenvalue weighted by molar-refractivity contribution is -0.156. The van der Waals surface area contributed by atoms with Gasteiger partial charge >= 0.3 is 11.9 Å². The molecule has 6 nitrogen and oxygen atoms in total. The first-order valence-corrected chi connectivity index (χ1v) is 6.76. The molecule has 0 amide bonds. The zero-order valence-corrected chi connectivity index (χ0v) is 12.9. The normalized spacial score (nSPS) is 14.4. The minimum Gasteiger partial charge on any atom is -0.480 e. The van der Waals surface area contributed by atoms with Gasteiger partial charge in [-0.25, -0.2) is 0 Å². The third kappa shape index (κ3) is 7.89. The summed E-state index contributed by atoms with van der Waals surface area (Å²) in [7, 11) is 0. The van der Waals surface area contributed by atoms with Gasteiger partial charge in [-0.2, -0.15) is 0 Å². The number of carbonyl (C=O) groups is 3. The van der Waals surface area contributed by atoms with Gasteiger partial charge in [0.25, 0.3) is 0 Å². The van der Waals surface area contributed by atoms with E-state index in [0.717, 1.165) is 0 Å². The van der Waals surface area contributed by atoms with E-state index in [0.29, 0.717) is 6.42 Å². The average molecular weight is 287 g/mol. The van der Waals surface area contributed by atoms with Gasteiger partial charge < -0.3 is 9.84 Å². The Bertz CT molecular complexity index is 359. The zero-order chi connectivity index (χ0) is 15.9. The Morgan fingerprint density at radius 3 is 2.20 bits per heavy atom. The maximum Gasteiger partial charge on any atom is 0.320 e. The summed E-state index contributed by atoms with van der Waals surface area (Å²) in [6.45, 7) is 8.68. The molecule has 0 fully saturated rings. The van der Waals surface area contributed by atoms with Gasteiger partial charge in [-0.1, -0.05) is 20.3 Å². The molecule has 0 radical (unpaired) electrons. The van der Waals surface area contributed by atoms with Crippen LogP contribution in [0.2, 0.25) is 0 Å². The smallest absolute Gasteiger partial charge is 0.320 e. The Hall–Kier alpha value is -1.43. The molecular weight excluding hydrogens is 262 g/mol. The topological polar surface area (TPSA) is 92.7 Å². The Labute approximate surface area is 119 Å². The van der Waals surface area contributed by atoms with Crippen LogP contribution in [-0.4, -0.2) is 41.0 Å². The van der Waals surface area contributed by atoms with E-state index in [9.17, 15) is 14.4 Å². The van der Waals surface area contributed by atoms with E-state index in [1.807, 2.05) is 6.92 Å². The zero-order valence-electron chi connectivity index (χ0n) is 12.9. The summed E-state index contributed by atoms with van der Waals surface area (Å²) < 4.78 is 5.03. The highest BCUT2D eigenvalue weighted by atomic mass is 16.6. The molecule has 0 aromatic carbocycles. The van der Waals surface area contributed by atoms with Crippen LogP contribution >= 0.6 is 0 Å². The second-order valence-electron chi connectivity index (χ2n) is 5.88. The summed E-state index contributed by atoms with van der Waals surface area (Å²) in [6, 6.07) is -0.789. The van der Waals surface area contributed by atoms with Crippen LogP contribution in [0.5, 0.6) is 0 Å². The van der Waals surface area contributed by atoms with Gasteiger partial charge in [0, 0.05) is 0 Å². The molecule has 20 heavy (non-hydrogen) atoms. The third-order valence-electron chi connectivity index (χ3n) is 2.76. The molecule has 116 valence electrons. The summed E-state index contributed by atoms with van der Waals surface area (Å²) in [5, 5.41) is 11.7. The molecule has 0 aromatic rings. The van der Waals surface area contributed by atoms with E-state index in [1.165, 1.54) is 0 Å². The lowest BCUT2D eigenvalue weighted by Gasteiger charge is -2.21. The Kier molecular flexibility index (Phi) is 7.42. The van der Waals surface area contributed by atoms with Crippen molar-refractivity contribution in [3.63, 3.8) is 0 Å². The number of Topliss-reactive ketones (excluding diaryl/α,β-unsaturated/α-hetero) is 1. The number of carboxylic acids is 1. The largest absolute Gasteiger partial charge is 0.480 e. The molecule has 2 atom stereocenters. The second-order valence-corrected chi connectivity index (χ2v) is 5.88. The molecule has 6 heteroatoms. The maximum absolute atomic E-state index is 11.6. The van der Waals surface area contributed by atoms with Crippen molar-refractivity contribution in [3.05, 3.63) is 0 Å². The maximum atomic E-state index is 11.6. The van der Waals surface area contributed by atoms with Crippen LogP contribution in [0, 0.1) is 5.92 Å². The van der Waals surface area contributed by atoms with E-state index < -0.39 is 23.6 Å². The molecule has 0 saturated carbocycles. The molecule has 2 N–H and O–H groups in total. The van der Waals surface area contributed by atoms with Crippen molar-refractivity contribution in [2.75, 3.05) is 6.54 Å². The Morgan fingerprint density at radius 1 is 1.25 bits per heavy atom. The molecule has 0 aliphatic heterocycles. The number of ketones is 1. The molecular formula is C14H25NO5. The highest BCUT2D eigenvalue weighted by molar-refractivity contribution is 5.96. The molecule has 0 unspecified atom stereocenters. The molecule has 0 aromatic heterocycles. The molecule has 0 aliphatic carbocycles. The fourth-order valence-electron chi connectivity index (χ4n) is 1.59. The summed E-state index contributed by atoms with van der Waals surface area (Å²) in [5.41, 5.74) is -0.634. The predicted octanol–water partition coefficient (Wildman–Crippen LogP) is 1.38. The SMILES string of the molecule is CC[C@H](C)[C@H](NCC(=O)CC(=O)OC(C)(C)C)C(=O)O. The monoisotopic (exact) mass is 287 g/mol. The van der Waals surface area contributed by atoms with E-state index in [4.69, 9.17) is 9.84 Å². The van der Waals surface area contributed by atoms with Crippen molar-refractivity contribution in [1.29, 1.82) is 0 Å². The van der Waals surface area contributed by atoms with Crippen LogP contribution in [-0.2, 0) is 19.1 Å². The minimum atomic E-state index is -0.996. The van der Waals surface area contributed by atoms with Crippen LogP contribution in [0.25, 0.3) is 0 Å². The molecule has 0 bridgehead atoms. The highest BCUT2D eigenvalue weighted by Gasteiger charge is 2.24. The van der Waals surface area contributed by atoms with Crippen molar-refractivity contribution in [2.45, 2.75) is 59.1 Å². The van der Waals surface area contributed by atoms with Crippen molar-refractivity contribution in [2.24, 2.45) is 5.92 Å². The highest BCUT2D eigenvalue weighted by Crippen LogP contribution is 2.09. The van der Waals surface area contributed by atoms with Crippen LogP contribution < -0.4 is 5.32 Å². The Morgan fingerprint density at radius 2 is 1.80 bits per heavy atom. The summed E-state index contributed by atoms with van der Waals surface area (Å²) >= 11 is 0. The molecule has 0 heterocycles. The fraction of sp³-hybridized carbons (Fsp3) is 0.786. The number of aliphatic carboxylic acids is 1. The second kappa shape index (κ2) is 7.99. The fourth-order valence-corrected chi connectivity index (χ4v) is 1.59. The van der Waals surface area contributed by atoms with Gasteiger partial charge in [0.05, 0.1) is 6.54 Å². The van der Waals surface area contributed by atoms with E-state index in [2.05, 4.69) is 5.32 Å². The molecule has 0 spiro atoms. The Balaban J connectivity index is 4.27. The lowest BCUT2D eigenvalue weighted by Crippen LogP contribution is -2.44. The average Bonchev–Trinajstić information content (AvgIpc) is 2.25. The van der Waals surface area contributed by atoms with E-state index in [1.54, 1.807) is 27.7 Å². The minimum absolute atomic E-state index is 0.0955. The van der Waals surface area contributed by atoms with Crippen LogP contribution in [0.15, 0.2) is 0 Å². The van der Waals surface area contributed by atoms with Gasteiger partial charge in [-0.05, 0) is 26.7 Å². The third-order valence-corrected chi connectivity index (χ3v) is 2.76. The number of nitrogens with one attached hydrogen (secondary N) is 1. The molecule has 0 saturated heterocycles. The number of hydrogen-bond acceptors (Lipinski definition) is 5. The van der Waals surface area contributed by atoms with Crippen molar-refractivity contribution in [3.8, 4) is 0 Å². The van der Waals surface area contributed by atoms with Crippen molar-refractivity contribution < 1.29 is 24.2 Å². The number of carboxylic acid groups (broad SMARTS) is 1. The summed E-state index contributed by atoms with van der Waals surface area (Å²) in [5.74, 6) is -2.07. The molecule has 0 aliphatic rings. The summed E-state index contributed by atoms with van der Waals surface area (Å²) in [4.78, 5) is 34.1. The van der Waals surface area contributed by atoms with Crippen LogP contribution in [0.3, 0.4) is 0 Å². The molecule has 0 rings (SSSR count). The number of esters is 1. The predicted molar refractivity (Wildman–Crippen MR) is 74.4 cm³/mol. The van der Waals surface area contributed by atoms with Gasteiger partial charge in [-0.15, -0.1) is 0 Å². The van der Waals surface area contributed by atoms with Crippen LogP contribution in [0.1, 0.15) is 47.5 Å². The standard InChI is InChI=1S/C14H25NO5/c1-6-9(2)12(13(18)19)15-8-10(16)7-11(17)20-14(3,4)5/h9,12,15H,6-8H2,1-5H3,(H,18,19)/t9-,12-/m0/s1. The first-order valence-electron chi connectivity index (χ1n) is 6.76. The van der Waals surface area contributed by atoms with Gasteiger partial charge in [-0.3, -0.25) is 19.7 Å². The number of hydrogen-bond donors (Lipinski definition) is 2. The number of ether oxygens (including phenoxy) is 1. The number of rotatable bonds is 8. The van der Waals surface area contributed by atoms with Gasteiger partial charge in [0.2, 0.25) is 0 Å². The quantitative estimate of drug-likeness (QED) is 0.517. The van der Waals surface area contributed by atoms with E-state index >= 15 is 0 Å².